The van der Waals surface area contributed by atoms with Crippen molar-refractivity contribution in [1.82, 2.24) is 4.31 Å². The second-order valence-electron chi connectivity index (χ2n) is 5.28. The highest BCUT2D eigenvalue weighted by atomic mass is 35.5. The molecule has 0 aliphatic heterocycles. The average molecular weight is 351 g/mol. The molecule has 0 saturated heterocycles. The molecule has 0 bridgehead atoms. The number of nitrogens with two attached hydrogens (primary N) is 1. The van der Waals surface area contributed by atoms with Crippen molar-refractivity contribution >= 4 is 33.2 Å². The minimum absolute atomic E-state index is 0.0555. The van der Waals surface area contributed by atoms with Crippen molar-refractivity contribution in [1.29, 1.82) is 0 Å². The average Bonchev–Trinajstić information content (AvgIpc) is 2.90. The van der Waals surface area contributed by atoms with E-state index in [0.29, 0.717) is 18.1 Å². The predicted molar refractivity (Wildman–Crippen MR) is 86.2 cm³/mol. The quantitative estimate of drug-likeness (QED) is 0.886. The first-order chi connectivity index (χ1) is 9.91. The molecular weight excluding hydrogens is 331 g/mol. The summed E-state index contributed by atoms with van der Waals surface area (Å²) in [6, 6.07) is 4.45. The van der Waals surface area contributed by atoms with E-state index in [4.69, 9.17) is 28.9 Å². The Morgan fingerprint density at radius 2 is 2.05 bits per heavy atom. The highest BCUT2D eigenvalue weighted by Gasteiger charge is 2.38. The van der Waals surface area contributed by atoms with Gasteiger partial charge in [-0.15, -0.1) is 0 Å². The summed E-state index contributed by atoms with van der Waals surface area (Å²) in [6.07, 6.45) is 2.81. The fraction of sp³-hybridized carbons (Fsp3) is 0.571. The molecule has 4 nitrogen and oxygen atoms in total. The largest absolute Gasteiger partial charge is 0.330 e. The van der Waals surface area contributed by atoms with Crippen LogP contribution in [0.4, 0.5) is 0 Å². The normalized spacial score (nSPS) is 22.9. The first-order valence-electron chi connectivity index (χ1n) is 7.08. The molecule has 0 amide bonds. The highest BCUT2D eigenvalue weighted by Crippen LogP contribution is 2.35. The lowest BCUT2D eigenvalue weighted by Crippen LogP contribution is -2.44. The van der Waals surface area contributed by atoms with E-state index >= 15 is 0 Å². The van der Waals surface area contributed by atoms with Gasteiger partial charge in [0.2, 0.25) is 10.0 Å². The van der Waals surface area contributed by atoms with Crippen LogP contribution >= 0.6 is 23.2 Å². The SMILES string of the molecule is CCN(C1CCCC1CN)S(=O)(=O)c1cc(Cl)ccc1Cl. The van der Waals surface area contributed by atoms with Gasteiger partial charge in [0.05, 0.1) is 5.02 Å². The molecule has 21 heavy (non-hydrogen) atoms. The van der Waals surface area contributed by atoms with Crippen LogP contribution < -0.4 is 5.73 Å². The summed E-state index contributed by atoms with van der Waals surface area (Å²) in [5.74, 6) is 0.206. The molecule has 1 fully saturated rings. The van der Waals surface area contributed by atoms with E-state index in [1.54, 1.807) is 6.07 Å². The number of sulfonamides is 1. The zero-order valence-corrected chi connectivity index (χ0v) is 14.3. The second-order valence-corrected chi connectivity index (χ2v) is 7.98. The zero-order chi connectivity index (χ0) is 15.6. The Hall–Kier alpha value is -0.330. The van der Waals surface area contributed by atoms with Crippen molar-refractivity contribution in [2.24, 2.45) is 11.7 Å². The van der Waals surface area contributed by atoms with Crippen LogP contribution in [0.3, 0.4) is 0 Å². The maximum Gasteiger partial charge on any atom is 0.244 e. The van der Waals surface area contributed by atoms with Gasteiger partial charge in [0.1, 0.15) is 4.90 Å². The molecule has 7 heteroatoms. The van der Waals surface area contributed by atoms with Crippen molar-refractivity contribution in [2.75, 3.05) is 13.1 Å². The second kappa shape index (κ2) is 6.84. The Bertz CT molecular complexity index is 607. The molecule has 1 saturated carbocycles. The van der Waals surface area contributed by atoms with Gasteiger partial charge in [0.15, 0.2) is 0 Å². The summed E-state index contributed by atoms with van der Waals surface area (Å²) < 4.78 is 27.4. The monoisotopic (exact) mass is 350 g/mol. The van der Waals surface area contributed by atoms with E-state index in [2.05, 4.69) is 0 Å². The van der Waals surface area contributed by atoms with Crippen LogP contribution in [0.2, 0.25) is 10.0 Å². The van der Waals surface area contributed by atoms with Gasteiger partial charge >= 0.3 is 0 Å². The lowest BCUT2D eigenvalue weighted by molar-refractivity contribution is 0.276. The number of halogens is 2. The third-order valence-corrected chi connectivity index (χ3v) is 6.80. The van der Waals surface area contributed by atoms with Crippen LogP contribution in [0.5, 0.6) is 0 Å². The summed E-state index contributed by atoms with van der Waals surface area (Å²) >= 11 is 12.0. The first-order valence-corrected chi connectivity index (χ1v) is 9.28. The lowest BCUT2D eigenvalue weighted by Gasteiger charge is -2.31. The number of benzene rings is 1. The van der Waals surface area contributed by atoms with Crippen molar-refractivity contribution in [3.63, 3.8) is 0 Å². The van der Waals surface area contributed by atoms with E-state index in [-0.39, 0.29) is 21.9 Å². The maximum atomic E-state index is 12.9. The summed E-state index contributed by atoms with van der Waals surface area (Å²) in [4.78, 5) is 0.0705. The molecule has 0 heterocycles. The maximum absolute atomic E-state index is 12.9. The third-order valence-electron chi connectivity index (χ3n) is 4.08. The molecule has 2 rings (SSSR count). The number of hydrogen-bond donors (Lipinski definition) is 1. The van der Waals surface area contributed by atoms with Gasteiger partial charge in [0, 0.05) is 17.6 Å². The van der Waals surface area contributed by atoms with Crippen LogP contribution in [-0.2, 0) is 10.0 Å². The molecule has 1 aromatic carbocycles. The van der Waals surface area contributed by atoms with Crippen molar-refractivity contribution in [3.05, 3.63) is 28.2 Å². The fourth-order valence-electron chi connectivity index (χ4n) is 3.06. The minimum Gasteiger partial charge on any atom is -0.330 e. The van der Waals surface area contributed by atoms with Crippen LogP contribution in [-0.4, -0.2) is 31.9 Å². The molecule has 2 N–H and O–H groups in total. The van der Waals surface area contributed by atoms with Gasteiger partial charge in [-0.3, -0.25) is 0 Å². The molecule has 0 spiro atoms. The van der Waals surface area contributed by atoms with Gasteiger partial charge in [-0.2, -0.15) is 4.31 Å². The van der Waals surface area contributed by atoms with E-state index < -0.39 is 10.0 Å². The Balaban J connectivity index is 2.42. The van der Waals surface area contributed by atoms with Gasteiger partial charge < -0.3 is 5.73 Å². The van der Waals surface area contributed by atoms with Crippen LogP contribution in [0.15, 0.2) is 23.1 Å². The van der Waals surface area contributed by atoms with E-state index in [9.17, 15) is 8.42 Å². The molecule has 1 aliphatic carbocycles. The lowest BCUT2D eigenvalue weighted by atomic mass is 10.0. The fourth-order valence-corrected chi connectivity index (χ4v) is 5.52. The molecule has 1 aliphatic rings. The van der Waals surface area contributed by atoms with Crippen molar-refractivity contribution in [2.45, 2.75) is 37.1 Å². The number of rotatable bonds is 5. The minimum atomic E-state index is -3.67. The van der Waals surface area contributed by atoms with E-state index in [1.807, 2.05) is 6.92 Å². The smallest absolute Gasteiger partial charge is 0.244 e. The zero-order valence-electron chi connectivity index (χ0n) is 11.9. The first kappa shape index (κ1) is 17.0. The van der Waals surface area contributed by atoms with Gasteiger partial charge in [0.25, 0.3) is 0 Å². The predicted octanol–water partition coefficient (Wildman–Crippen LogP) is 3.13. The molecule has 2 atom stereocenters. The number of hydrogen-bond acceptors (Lipinski definition) is 3. The van der Waals surface area contributed by atoms with E-state index in [1.165, 1.54) is 16.4 Å². The van der Waals surface area contributed by atoms with Crippen LogP contribution in [0, 0.1) is 5.92 Å². The van der Waals surface area contributed by atoms with Gasteiger partial charge in [-0.05, 0) is 43.5 Å². The summed E-state index contributed by atoms with van der Waals surface area (Å²) in [5, 5.41) is 0.552. The Morgan fingerprint density at radius 3 is 2.67 bits per heavy atom. The van der Waals surface area contributed by atoms with Crippen molar-refractivity contribution in [3.8, 4) is 0 Å². The Kier molecular flexibility index (Phi) is 5.54. The molecule has 2 unspecified atom stereocenters. The van der Waals surface area contributed by atoms with Crippen LogP contribution in [0.1, 0.15) is 26.2 Å². The molecular formula is C14H20Cl2N2O2S. The Morgan fingerprint density at radius 1 is 1.33 bits per heavy atom. The van der Waals surface area contributed by atoms with E-state index in [0.717, 1.165) is 19.3 Å². The van der Waals surface area contributed by atoms with Crippen molar-refractivity contribution < 1.29 is 8.42 Å². The summed E-state index contributed by atoms with van der Waals surface area (Å²) in [5.41, 5.74) is 5.78. The highest BCUT2D eigenvalue weighted by molar-refractivity contribution is 7.89. The summed E-state index contributed by atoms with van der Waals surface area (Å²) in [6.45, 7) is 2.73. The third kappa shape index (κ3) is 3.37. The van der Waals surface area contributed by atoms with Crippen LogP contribution in [0.25, 0.3) is 0 Å². The molecule has 1 aromatic rings. The summed E-state index contributed by atoms with van der Waals surface area (Å²) in [7, 11) is -3.67. The number of nitrogens with zero attached hydrogens (tertiary/aromatic N) is 1. The standard InChI is InChI=1S/C14H20Cl2N2O2S/c1-2-18(13-5-3-4-10(13)9-17)21(19,20)14-8-11(15)6-7-12(14)16/h6-8,10,13H,2-5,9,17H2,1H3. The van der Waals surface area contributed by atoms with Gasteiger partial charge in [-0.1, -0.05) is 36.5 Å². The molecule has 0 aromatic heterocycles. The molecule has 0 radical (unpaired) electrons. The van der Waals surface area contributed by atoms with Gasteiger partial charge in [-0.25, -0.2) is 8.42 Å². The topological polar surface area (TPSA) is 63.4 Å². The Labute approximate surface area is 136 Å². The molecule has 118 valence electrons.